The molecule has 0 bridgehead atoms. The van der Waals surface area contributed by atoms with Crippen molar-refractivity contribution in [1.82, 2.24) is 9.88 Å². The average Bonchev–Trinajstić information content (AvgIpc) is 3.09. The summed E-state index contributed by atoms with van der Waals surface area (Å²) in [5.41, 5.74) is 1.86. The number of thiazole rings is 1. The summed E-state index contributed by atoms with van der Waals surface area (Å²) in [6.45, 7) is 10.1. The Kier molecular flexibility index (Phi) is 6.57. The molecule has 0 radical (unpaired) electrons. The lowest BCUT2D eigenvalue weighted by Gasteiger charge is -2.26. The van der Waals surface area contributed by atoms with Crippen LogP contribution in [0, 0.1) is 6.92 Å². The summed E-state index contributed by atoms with van der Waals surface area (Å²) in [5.74, 6) is -0.0144. The van der Waals surface area contributed by atoms with E-state index in [9.17, 15) is 4.79 Å². The molecule has 1 aromatic heterocycles. The van der Waals surface area contributed by atoms with Gasteiger partial charge in [-0.1, -0.05) is 36.8 Å². The van der Waals surface area contributed by atoms with Crippen molar-refractivity contribution < 1.29 is 14.3 Å². The van der Waals surface area contributed by atoms with Crippen LogP contribution in [0.2, 0.25) is 5.02 Å². The number of amides is 1. The largest absolute Gasteiger partial charge is 0.494 e. The van der Waals surface area contributed by atoms with Gasteiger partial charge in [0.1, 0.15) is 19.5 Å². The van der Waals surface area contributed by atoms with Crippen LogP contribution in [0.3, 0.4) is 0 Å². The standard InChI is InChI=1S/C19H24ClN3O3S/c1-4-22(5-2)6-7-23(18(24)15-12-25-8-9-26-15)19-21-17-13(3)10-14(20)11-16(17)27-19/h10-12H,4-9H2,1-3H3. The van der Waals surface area contributed by atoms with Crippen LogP contribution in [0.25, 0.3) is 10.2 Å². The third kappa shape index (κ3) is 4.54. The van der Waals surface area contributed by atoms with E-state index < -0.39 is 0 Å². The van der Waals surface area contributed by atoms with Crippen LogP contribution in [0.5, 0.6) is 0 Å². The SMILES string of the molecule is CCN(CC)CCN(C(=O)C1=COCCO1)c1nc2c(C)cc(Cl)cc2s1. The van der Waals surface area contributed by atoms with E-state index in [1.807, 2.05) is 19.1 Å². The number of aryl methyl sites for hydroxylation is 1. The highest BCUT2D eigenvalue weighted by Crippen LogP contribution is 2.33. The molecule has 1 aromatic carbocycles. The van der Waals surface area contributed by atoms with Gasteiger partial charge in [0.2, 0.25) is 5.76 Å². The zero-order chi connectivity index (χ0) is 19.4. The molecule has 0 saturated carbocycles. The molecule has 0 aliphatic carbocycles. The average molecular weight is 410 g/mol. The first-order valence-electron chi connectivity index (χ1n) is 9.09. The van der Waals surface area contributed by atoms with Crippen molar-refractivity contribution in [2.24, 2.45) is 0 Å². The molecule has 146 valence electrons. The lowest BCUT2D eigenvalue weighted by molar-refractivity contribution is -0.119. The van der Waals surface area contributed by atoms with Crippen LogP contribution in [0.15, 0.2) is 24.2 Å². The Balaban J connectivity index is 1.94. The molecule has 1 aliphatic heterocycles. The molecule has 1 aliphatic rings. The zero-order valence-corrected chi connectivity index (χ0v) is 17.4. The second-order valence-corrected chi connectivity index (χ2v) is 7.70. The van der Waals surface area contributed by atoms with Gasteiger partial charge in [0.25, 0.3) is 5.91 Å². The molecule has 0 fully saturated rings. The van der Waals surface area contributed by atoms with Crippen LogP contribution in [-0.2, 0) is 14.3 Å². The van der Waals surface area contributed by atoms with Gasteiger partial charge in [-0.05, 0) is 37.7 Å². The summed E-state index contributed by atoms with van der Waals surface area (Å²) < 4.78 is 11.7. The second-order valence-electron chi connectivity index (χ2n) is 6.25. The quantitative estimate of drug-likeness (QED) is 0.695. The number of benzene rings is 1. The molecule has 8 heteroatoms. The van der Waals surface area contributed by atoms with E-state index in [0.717, 1.165) is 35.4 Å². The number of rotatable bonds is 7. The van der Waals surface area contributed by atoms with Crippen molar-refractivity contribution in [3.63, 3.8) is 0 Å². The molecule has 2 aromatic rings. The van der Waals surface area contributed by atoms with Gasteiger partial charge in [0.05, 0.1) is 10.2 Å². The van der Waals surface area contributed by atoms with E-state index in [4.69, 9.17) is 26.1 Å². The summed E-state index contributed by atoms with van der Waals surface area (Å²) in [4.78, 5) is 21.8. The highest BCUT2D eigenvalue weighted by Gasteiger charge is 2.26. The Morgan fingerprint density at radius 2 is 2.04 bits per heavy atom. The molecule has 6 nitrogen and oxygen atoms in total. The van der Waals surface area contributed by atoms with Crippen molar-refractivity contribution in [2.45, 2.75) is 20.8 Å². The first kappa shape index (κ1) is 19.9. The minimum Gasteiger partial charge on any atom is -0.494 e. The van der Waals surface area contributed by atoms with Crippen molar-refractivity contribution in [3.05, 3.63) is 34.7 Å². The monoisotopic (exact) mass is 409 g/mol. The number of aromatic nitrogens is 1. The number of hydrogen-bond donors (Lipinski definition) is 0. The topological polar surface area (TPSA) is 54.9 Å². The summed E-state index contributed by atoms with van der Waals surface area (Å²) in [6.07, 6.45) is 1.39. The molecule has 0 saturated heterocycles. The fourth-order valence-corrected chi connectivity index (χ4v) is 4.38. The number of likely N-dealkylation sites (N-methyl/N-ethyl adjacent to an activating group) is 1. The first-order valence-corrected chi connectivity index (χ1v) is 10.3. The van der Waals surface area contributed by atoms with Crippen molar-refractivity contribution in [1.29, 1.82) is 0 Å². The van der Waals surface area contributed by atoms with Crippen LogP contribution in [0.1, 0.15) is 19.4 Å². The molecule has 0 N–H and O–H groups in total. The number of hydrogen-bond acceptors (Lipinski definition) is 6. The predicted molar refractivity (Wildman–Crippen MR) is 109 cm³/mol. The van der Waals surface area contributed by atoms with Crippen molar-refractivity contribution in [3.8, 4) is 0 Å². The molecule has 0 unspecified atom stereocenters. The summed E-state index contributed by atoms with van der Waals surface area (Å²) in [6, 6.07) is 3.77. The molecule has 27 heavy (non-hydrogen) atoms. The van der Waals surface area contributed by atoms with E-state index in [-0.39, 0.29) is 11.7 Å². The number of carbonyl (C=O) groups excluding carboxylic acids is 1. The van der Waals surface area contributed by atoms with Gasteiger partial charge in [-0.3, -0.25) is 9.69 Å². The highest BCUT2D eigenvalue weighted by molar-refractivity contribution is 7.22. The van der Waals surface area contributed by atoms with Gasteiger partial charge in [0, 0.05) is 18.1 Å². The number of anilines is 1. The molecular formula is C19H24ClN3O3S. The molecule has 0 spiro atoms. The predicted octanol–water partition coefficient (Wildman–Crippen LogP) is 3.82. The lowest BCUT2D eigenvalue weighted by atomic mass is 10.2. The van der Waals surface area contributed by atoms with E-state index >= 15 is 0 Å². The molecule has 1 amide bonds. The van der Waals surface area contributed by atoms with Crippen LogP contribution in [0.4, 0.5) is 5.13 Å². The summed E-state index contributed by atoms with van der Waals surface area (Å²) >= 11 is 7.64. The third-order valence-corrected chi connectivity index (χ3v) is 5.75. The maximum absolute atomic E-state index is 13.1. The number of fused-ring (bicyclic) bond motifs is 1. The number of nitrogens with zero attached hydrogens (tertiary/aromatic N) is 3. The Morgan fingerprint density at radius 1 is 1.26 bits per heavy atom. The highest BCUT2D eigenvalue weighted by atomic mass is 35.5. The molecule has 3 rings (SSSR count). The lowest BCUT2D eigenvalue weighted by Crippen LogP contribution is -2.40. The van der Waals surface area contributed by atoms with Gasteiger partial charge >= 0.3 is 0 Å². The minimum atomic E-state index is -0.232. The summed E-state index contributed by atoms with van der Waals surface area (Å²) in [7, 11) is 0. The van der Waals surface area contributed by atoms with E-state index in [2.05, 4.69) is 18.7 Å². The number of carbonyl (C=O) groups is 1. The van der Waals surface area contributed by atoms with E-state index in [1.54, 1.807) is 4.90 Å². The fraction of sp³-hybridized carbons (Fsp3) is 0.474. The van der Waals surface area contributed by atoms with Gasteiger partial charge in [-0.2, -0.15) is 0 Å². The molecule has 0 atom stereocenters. The number of halogens is 1. The van der Waals surface area contributed by atoms with Crippen LogP contribution < -0.4 is 4.90 Å². The Morgan fingerprint density at radius 3 is 2.70 bits per heavy atom. The fourth-order valence-electron chi connectivity index (χ4n) is 2.94. The number of ether oxygens (including phenoxy) is 2. The first-order chi connectivity index (χ1) is 13.0. The van der Waals surface area contributed by atoms with Crippen LogP contribution >= 0.6 is 22.9 Å². The van der Waals surface area contributed by atoms with E-state index in [1.165, 1.54) is 17.6 Å². The molecule has 2 heterocycles. The Bertz CT molecular complexity index is 848. The maximum Gasteiger partial charge on any atom is 0.298 e. The molecular weight excluding hydrogens is 386 g/mol. The van der Waals surface area contributed by atoms with Gasteiger partial charge < -0.3 is 14.4 Å². The zero-order valence-electron chi connectivity index (χ0n) is 15.8. The van der Waals surface area contributed by atoms with Gasteiger partial charge in [0.15, 0.2) is 5.13 Å². The minimum absolute atomic E-state index is 0.217. The third-order valence-electron chi connectivity index (χ3n) is 4.51. The van der Waals surface area contributed by atoms with Crippen molar-refractivity contribution in [2.75, 3.05) is 44.3 Å². The maximum atomic E-state index is 13.1. The van der Waals surface area contributed by atoms with Gasteiger partial charge in [-0.15, -0.1) is 0 Å². The second kappa shape index (κ2) is 8.91. The van der Waals surface area contributed by atoms with E-state index in [0.29, 0.717) is 29.9 Å². The smallest absolute Gasteiger partial charge is 0.298 e. The van der Waals surface area contributed by atoms with Crippen molar-refractivity contribution >= 4 is 44.2 Å². The van der Waals surface area contributed by atoms with Crippen LogP contribution in [-0.4, -0.2) is 55.2 Å². The Labute approximate surface area is 168 Å². The van der Waals surface area contributed by atoms with Gasteiger partial charge in [-0.25, -0.2) is 4.98 Å². The Hall–Kier alpha value is -1.83. The normalized spacial score (nSPS) is 14.0. The summed E-state index contributed by atoms with van der Waals surface area (Å²) in [5, 5.41) is 1.31.